The Balaban J connectivity index is 1.47. The molecule has 5 heteroatoms. The van der Waals surface area contributed by atoms with E-state index in [0.717, 1.165) is 56.7 Å². The van der Waals surface area contributed by atoms with Crippen LogP contribution in [-0.2, 0) is 0 Å². The number of nitrogens with one attached hydrogen (secondary N) is 1. The van der Waals surface area contributed by atoms with Crippen molar-refractivity contribution in [1.29, 1.82) is 0 Å². The van der Waals surface area contributed by atoms with Gasteiger partial charge >= 0.3 is 0 Å². The highest BCUT2D eigenvalue weighted by molar-refractivity contribution is 7.80. The molecule has 0 aliphatic carbocycles. The predicted octanol–water partition coefficient (Wildman–Crippen LogP) is 6.66. The number of hydrogen-bond donors (Lipinski definition) is 1. The molecule has 0 spiro atoms. The third kappa shape index (κ3) is 3.33. The van der Waals surface area contributed by atoms with Crippen molar-refractivity contribution < 1.29 is 0 Å². The maximum atomic E-state index is 5.71. The van der Waals surface area contributed by atoms with Crippen LogP contribution in [0.1, 0.15) is 25.7 Å². The van der Waals surface area contributed by atoms with E-state index in [1.54, 1.807) is 0 Å². The van der Waals surface area contributed by atoms with Gasteiger partial charge in [0.05, 0.1) is 22.1 Å². The SMILES string of the molecule is S=C(Nc1ccc2nc3c4ccccc4c4ccccc4c3nc2c1)N1CCCCCC1. The van der Waals surface area contributed by atoms with Crippen LogP contribution < -0.4 is 5.32 Å². The normalized spacial score (nSPS) is 14.8. The van der Waals surface area contributed by atoms with Gasteiger partial charge in [0.1, 0.15) is 0 Å². The topological polar surface area (TPSA) is 41.1 Å². The Labute approximate surface area is 192 Å². The van der Waals surface area contributed by atoms with Gasteiger partial charge in [0, 0.05) is 29.5 Å². The fourth-order valence-electron chi connectivity index (χ4n) is 4.83. The second kappa shape index (κ2) is 7.99. The number of anilines is 1. The monoisotopic (exact) mass is 436 g/mol. The molecule has 1 N–H and O–H groups in total. The smallest absolute Gasteiger partial charge is 0.173 e. The number of thiocarbonyl (C=S) groups is 1. The Hall–Kier alpha value is -3.31. The highest BCUT2D eigenvalue weighted by Crippen LogP contribution is 2.34. The molecule has 1 aliphatic rings. The Morgan fingerprint density at radius 1 is 0.688 bits per heavy atom. The number of likely N-dealkylation sites (tertiary alicyclic amines) is 1. The molecule has 1 aliphatic heterocycles. The van der Waals surface area contributed by atoms with Crippen molar-refractivity contribution >= 4 is 66.6 Å². The first kappa shape index (κ1) is 19.4. The van der Waals surface area contributed by atoms with Gasteiger partial charge in [0.2, 0.25) is 0 Å². The number of benzene rings is 4. The molecule has 4 aromatic carbocycles. The van der Waals surface area contributed by atoms with Crippen LogP contribution in [0.15, 0.2) is 66.7 Å². The van der Waals surface area contributed by atoms with E-state index in [-0.39, 0.29) is 0 Å². The van der Waals surface area contributed by atoms with Crippen LogP contribution in [0.4, 0.5) is 5.69 Å². The second-order valence-corrected chi connectivity index (χ2v) is 8.93. The van der Waals surface area contributed by atoms with Gasteiger partial charge in [-0.25, -0.2) is 9.97 Å². The molecular weight excluding hydrogens is 412 g/mol. The van der Waals surface area contributed by atoms with Crippen LogP contribution in [0.2, 0.25) is 0 Å². The molecule has 0 saturated carbocycles. The summed E-state index contributed by atoms with van der Waals surface area (Å²) >= 11 is 5.71. The number of hydrogen-bond acceptors (Lipinski definition) is 3. The summed E-state index contributed by atoms with van der Waals surface area (Å²) < 4.78 is 0. The molecule has 6 rings (SSSR count). The quantitative estimate of drug-likeness (QED) is 0.181. The Morgan fingerprint density at radius 3 is 1.88 bits per heavy atom. The van der Waals surface area contributed by atoms with Gasteiger partial charge in [0.15, 0.2) is 5.11 Å². The van der Waals surface area contributed by atoms with Crippen molar-refractivity contribution in [2.24, 2.45) is 0 Å². The van der Waals surface area contributed by atoms with E-state index in [2.05, 4.69) is 70.9 Å². The van der Waals surface area contributed by atoms with Crippen molar-refractivity contribution in [3.63, 3.8) is 0 Å². The zero-order valence-corrected chi connectivity index (χ0v) is 18.7. The minimum Gasteiger partial charge on any atom is -0.349 e. The van der Waals surface area contributed by atoms with Crippen molar-refractivity contribution in [1.82, 2.24) is 14.9 Å². The van der Waals surface area contributed by atoms with Crippen LogP contribution in [0.3, 0.4) is 0 Å². The highest BCUT2D eigenvalue weighted by Gasteiger charge is 2.14. The van der Waals surface area contributed by atoms with Crippen LogP contribution in [-0.4, -0.2) is 33.1 Å². The number of aromatic nitrogens is 2. The molecule has 1 fully saturated rings. The lowest BCUT2D eigenvalue weighted by molar-refractivity contribution is 0.441. The summed E-state index contributed by atoms with van der Waals surface area (Å²) in [5.41, 5.74) is 4.63. The second-order valence-electron chi connectivity index (χ2n) is 8.55. The van der Waals surface area contributed by atoms with E-state index in [1.807, 2.05) is 6.07 Å². The molecule has 4 nitrogen and oxygen atoms in total. The van der Waals surface area contributed by atoms with Gasteiger partial charge in [-0.3, -0.25) is 0 Å². The molecule has 1 aromatic heterocycles. The van der Waals surface area contributed by atoms with Gasteiger partial charge in [0.25, 0.3) is 0 Å². The van der Waals surface area contributed by atoms with Gasteiger partial charge in [-0.05, 0) is 54.0 Å². The molecule has 0 unspecified atom stereocenters. The Morgan fingerprint density at radius 2 is 1.25 bits per heavy atom. The molecule has 32 heavy (non-hydrogen) atoms. The van der Waals surface area contributed by atoms with Gasteiger partial charge in [-0.2, -0.15) is 0 Å². The van der Waals surface area contributed by atoms with Crippen LogP contribution in [0.25, 0.3) is 43.6 Å². The number of rotatable bonds is 1. The largest absolute Gasteiger partial charge is 0.349 e. The van der Waals surface area contributed by atoms with Crippen LogP contribution in [0, 0.1) is 0 Å². The lowest BCUT2D eigenvalue weighted by atomic mass is 9.99. The molecule has 0 amide bonds. The summed E-state index contributed by atoms with van der Waals surface area (Å²) in [5.74, 6) is 0. The van der Waals surface area contributed by atoms with Crippen LogP contribution >= 0.6 is 12.2 Å². The van der Waals surface area contributed by atoms with E-state index in [0.29, 0.717) is 0 Å². The lowest BCUT2D eigenvalue weighted by Crippen LogP contribution is -2.35. The number of fused-ring (bicyclic) bond motifs is 7. The first-order valence-electron chi connectivity index (χ1n) is 11.3. The van der Waals surface area contributed by atoms with E-state index in [1.165, 1.54) is 36.5 Å². The third-order valence-electron chi connectivity index (χ3n) is 6.46. The van der Waals surface area contributed by atoms with Gasteiger partial charge < -0.3 is 10.2 Å². The van der Waals surface area contributed by atoms with Crippen molar-refractivity contribution in [3.8, 4) is 0 Å². The predicted molar refractivity (Wildman–Crippen MR) is 138 cm³/mol. The zero-order valence-electron chi connectivity index (χ0n) is 17.8. The standard InChI is InChI=1S/C27H24N4S/c32-27(31-15-7-1-2-8-16-31)28-18-13-14-23-24(17-18)30-26-22-12-6-4-10-20(22)19-9-3-5-11-21(19)25(26)29-23/h3-6,9-14,17H,1-2,7-8,15-16H2,(H,28,32). The average Bonchev–Trinajstić information content (AvgIpc) is 3.13. The molecule has 1 saturated heterocycles. The maximum Gasteiger partial charge on any atom is 0.173 e. The Bertz CT molecular complexity index is 1490. The number of nitrogens with zero attached hydrogens (tertiary/aromatic N) is 3. The van der Waals surface area contributed by atoms with Crippen molar-refractivity contribution in [2.75, 3.05) is 18.4 Å². The average molecular weight is 437 g/mol. The van der Waals surface area contributed by atoms with Crippen molar-refractivity contribution in [2.45, 2.75) is 25.7 Å². The first-order valence-corrected chi connectivity index (χ1v) is 11.8. The van der Waals surface area contributed by atoms with E-state index >= 15 is 0 Å². The Kier molecular flexibility index (Phi) is 4.84. The molecule has 0 radical (unpaired) electrons. The maximum absolute atomic E-state index is 5.71. The molecule has 0 bridgehead atoms. The fraction of sp³-hybridized carbons (Fsp3) is 0.222. The van der Waals surface area contributed by atoms with Crippen LogP contribution in [0.5, 0.6) is 0 Å². The summed E-state index contributed by atoms with van der Waals surface area (Å²) in [5, 5.41) is 8.93. The summed E-state index contributed by atoms with van der Waals surface area (Å²) in [6.45, 7) is 2.06. The third-order valence-corrected chi connectivity index (χ3v) is 6.82. The fourth-order valence-corrected chi connectivity index (χ4v) is 5.13. The first-order chi connectivity index (χ1) is 15.8. The highest BCUT2D eigenvalue weighted by atomic mass is 32.1. The minimum atomic E-state index is 0.802. The summed E-state index contributed by atoms with van der Waals surface area (Å²) in [7, 11) is 0. The zero-order chi connectivity index (χ0) is 21.5. The molecule has 2 heterocycles. The molecule has 0 atom stereocenters. The van der Waals surface area contributed by atoms with Gasteiger partial charge in [-0.1, -0.05) is 61.4 Å². The minimum absolute atomic E-state index is 0.802. The summed E-state index contributed by atoms with van der Waals surface area (Å²) in [6, 6.07) is 23.1. The molecular formula is C27H24N4S. The van der Waals surface area contributed by atoms with Crippen molar-refractivity contribution in [3.05, 3.63) is 66.7 Å². The molecule has 5 aromatic rings. The summed E-state index contributed by atoms with van der Waals surface area (Å²) in [6.07, 6.45) is 5.00. The summed E-state index contributed by atoms with van der Waals surface area (Å²) in [4.78, 5) is 12.4. The van der Waals surface area contributed by atoms with E-state index < -0.39 is 0 Å². The van der Waals surface area contributed by atoms with E-state index in [9.17, 15) is 0 Å². The lowest BCUT2D eigenvalue weighted by Gasteiger charge is -2.24. The molecule has 158 valence electrons. The van der Waals surface area contributed by atoms with Gasteiger partial charge in [-0.15, -0.1) is 0 Å². The van der Waals surface area contributed by atoms with E-state index in [4.69, 9.17) is 22.2 Å².